The Kier molecular flexibility index (Phi) is 6.87. The molecule has 0 amide bonds. The number of anilines is 2. The number of halogens is 2. The minimum Gasteiger partial charge on any atom is -0.361 e. The van der Waals surface area contributed by atoms with E-state index in [1.807, 2.05) is 12.1 Å². The summed E-state index contributed by atoms with van der Waals surface area (Å²) in [5, 5.41) is 8.49. The minimum absolute atomic E-state index is 0.578. The van der Waals surface area contributed by atoms with Gasteiger partial charge in [0.05, 0.1) is 10.2 Å². The number of piperidine rings is 1. The molecule has 5 rings (SSSR count). The van der Waals surface area contributed by atoms with Crippen molar-refractivity contribution in [3.8, 4) is 0 Å². The van der Waals surface area contributed by atoms with Crippen LogP contribution < -0.4 is 10.6 Å². The molecule has 0 saturated carbocycles. The summed E-state index contributed by atoms with van der Waals surface area (Å²) in [7, 11) is 0. The van der Waals surface area contributed by atoms with E-state index in [-0.39, 0.29) is 0 Å². The molecular formula is C25H26BrIN4S. The number of aromatic amines is 1. The van der Waals surface area contributed by atoms with Crippen molar-refractivity contribution < 1.29 is 0 Å². The highest BCUT2D eigenvalue weighted by Crippen LogP contribution is 2.34. The number of rotatable bonds is 3. The van der Waals surface area contributed by atoms with Crippen molar-refractivity contribution in [2.45, 2.75) is 38.1 Å². The van der Waals surface area contributed by atoms with Crippen LogP contribution in [0.3, 0.4) is 0 Å². The quantitative estimate of drug-likeness (QED) is 0.211. The molecule has 2 aliphatic rings. The lowest BCUT2D eigenvalue weighted by molar-refractivity contribution is 0.161. The van der Waals surface area contributed by atoms with Gasteiger partial charge >= 0.3 is 0 Å². The van der Waals surface area contributed by atoms with E-state index >= 15 is 0 Å². The second-order valence-corrected chi connectivity index (χ2v) is 10.9. The third-order valence-corrected chi connectivity index (χ3v) is 9.25. The van der Waals surface area contributed by atoms with Crippen LogP contribution in [0.2, 0.25) is 0 Å². The van der Waals surface area contributed by atoms with Gasteiger partial charge in [-0.2, -0.15) is 0 Å². The maximum atomic E-state index is 5.59. The van der Waals surface area contributed by atoms with E-state index in [0.29, 0.717) is 5.11 Å². The largest absolute Gasteiger partial charge is 0.361 e. The molecule has 0 spiro atoms. The van der Waals surface area contributed by atoms with Gasteiger partial charge in [-0.25, -0.2) is 0 Å². The topological polar surface area (TPSA) is 43.1 Å². The zero-order chi connectivity index (χ0) is 22.1. The number of allylic oxidation sites excluding steroid dienone is 1. The van der Waals surface area contributed by atoms with Crippen LogP contribution in [-0.2, 0) is 0 Å². The van der Waals surface area contributed by atoms with Crippen LogP contribution >= 0.6 is 50.7 Å². The van der Waals surface area contributed by atoms with Crippen molar-refractivity contribution >= 4 is 83.7 Å². The molecule has 0 bridgehead atoms. The molecular weight excluding hydrogens is 595 g/mol. The standard InChI is InChI=1S/C25H26BrIN4S/c26-24-21(27)5-3-6-23(24)30-25(32)29-17-8-10-22-19(14-17)20(15-28-22)16-7-9-18-4-1-2-12-31(18)13-11-16/h3,5-6,8,10-11,14-15,18,28H,1-2,4,7,9,12-13H2,(H2,29,30,32). The second-order valence-electron chi connectivity index (χ2n) is 8.56. The molecule has 1 atom stereocenters. The molecule has 0 aliphatic carbocycles. The fourth-order valence-corrected chi connectivity index (χ4v) is 5.96. The van der Waals surface area contributed by atoms with Crippen LogP contribution in [-0.4, -0.2) is 34.1 Å². The SMILES string of the molecule is S=C(Nc1ccc2[nH]cc(C3=CCN4CCCCC4CC3)c2c1)Nc1cccc(I)c1Br. The van der Waals surface area contributed by atoms with E-state index in [1.54, 1.807) is 0 Å². The number of aromatic nitrogens is 1. The summed E-state index contributed by atoms with van der Waals surface area (Å²) in [6.07, 6.45) is 11.1. The van der Waals surface area contributed by atoms with Crippen LogP contribution in [0.4, 0.5) is 11.4 Å². The molecule has 0 radical (unpaired) electrons. The van der Waals surface area contributed by atoms with Gasteiger partial charge in [-0.1, -0.05) is 18.6 Å². The lowest BCUT2D eigenvalue weighted by atomic mass is 9.95. The number of benzene rings is 2. The summed E-state index contributed by atoms with van der Waals surface area (Å²) < 4.78 is 2.16. The molecule has 1 aromatic heterocycles. The highest BCUT2D eigenvalue weighted by molar-refractivity contribution is 14.1. The van der Waals surface area contributed by atoms with Gasteiger partial charge in [0.25, 0.3) is 0 Å². The van der Waals surface area contributed by atoms with Crippen molar-refractivity contribution in [2.75, 3.05) is 23.7 Å². The Balaban J connectivity index is 1.35. The Morgan fingerprint density at radius 3 is 2.97 bits per heavy atom. The molecule has 3 N–H and O–H groups in total. The summed E-state index contributed by atoms with van der Waals surface area (Å²) in [4.78, 5) is 6.14. The molecule has 1 fully saturated rings. The Labute approximate surface area is 216 Å². The summed E-state index contributed by atoms with van der Waals surface area (Å²) in [5.41, 5.74) is 5.89. The molecule has 2 aliphatic heterocycles. The van der Waals surface area contributed by atoms with Crippen LogP contribution in [0.5, 0.6) is 0 Å². The Hall–Kier alpha value is -1.42. The molecule has 3 aromatic rings. The van der Waals surface area contributed by atoms with Gasteiger partial charge in [0.2, 0.25) is 0 Å². The maximum absolute atomic E-state index is 5.59. The van der Waals surface area contributed by atoms with E-state index in [1.165, 1.54) is 48.8 Å². The first-order chi connectivity index (χ1) is 15.6. The third kappa shape index (κ3) is 4.76. The van der Waals surface area contributed by atoms with Gasteiger partial charge in [-0.05, 0) is 119 Å². The average Bonchev–Trinajstić information content (AvgIpc) is 3.08. The molecule has 1 unspecified atom stereocenters. The van der Waals surface area contributed by atoms with E-state index in [0.717, 1.165) is 43.9 Å². The molecule has 4 nitrogen and oxygen atoms in total. The van der Waals surface area contributed by atoms with Crippen molar-refractivity contribution in [3.63, 3.8) is 0 Å². The average molecular weight is 621 g/mol. The summed E-state index contributed by atoms with van der Waals surface area (Å²) in [6.45, 7) is 2.32. The number of thiocarbonyl (C=S) groups is 1. The summed E-state index contributed by atoms with van der Waals surface area (Å²) >= 11 is 11.5. The first-order valence-corrected chi connectivity index (χ1v) is 13.4. The summed E-state index contributed by atoms with van der Waals surface area (Å²) in [6, 6.07) is 13.2. The van der Waals surface area contributed by atoms with Crippen molar-refractivity contribution in [3.05, 3.63) is 62.3 Å². The van der Waals surface area contributed by atoms with Crippen LogP contribution in [0, 0.1) is 3.57 Å². The van der Waals surface area contributed by atoms with Crippen molar-refractivity contribution in [1.82, 2.24) is 9.88 Å². The van der Waals surface area contributed by atoms with E-state index in [2.05, 4.69) is 95.6 Å². The van der Waals surface area contributed by atoms with E-state index in [4.69, 9.17) is 12.2 Å². The second kappa shape index (κ2) is 9.83. The maximum Gasteiger partial charge on any atom is 0.175 e. The number of nitrogens with zero attached hydrogens (tertiary/aromatic N) is 1. The molecule has 1 saturated heterocycles. The zero-order valence-electron chi connectivity index (χ0n) is 17.8. The van der Waals surface area contributed by atoms with Gasteiger partial charge < -0.3 is 15.6 Å². The molecule has 2 aromatic carbocycles. The monoisotopic (exact) mass is 620 g/mol. The van der Waals surface area contributed by atoms with Crippen molar-refractivity contribution in [2.24, 2.45) is 0 Å². The normalized spacial score (nSPS) is 19.2. The predicted octanol–water partition coefficient (Wildman–Crippen LogP) is 7.38. The lowest BCUT2D eigenvalue weighted by Gasteiger charge is -2.33. The number of fused-ring (bicyclic) bond motifs is 2. The fourth-order valence-electron chi connectivity index (χ4n) is 4.87. The lowest BCUT2D eigenvalue weighted by Crippen LogP contribution is -2.38. The first kappa shape index (κ1) is 22.4. The zero-order valence-corrected chi connectivity index (χ0v) is 22.3. The van der Waals surface area contributed by atoms with Crippen LogP contribution in [0.15, 0.2) is 53.1 Å². The molecule has 32 heavy (non-hydrogen) atoms. The number of hydrogen-bond donors (Lipinski definition) is 3. The van der Waals surface area contributed by atoms with Gasteiger partial charge in [0.15, 0.2) is 5.11 Å². The number of H-pyrrole nitrogens is 1. The molecule has 7 heteroatoms. The fraction of sp³-hybridized carbons (Fsp3) is 0.320. The first-order valence-electron chi connectivity index (χ1n) is 11.1. The predicted molar refractivity (Wildman–Crippen MR) is 151 cm³/mol. The number of nitrogens with one attached hydrogen (secondary N) is 3. The van der Waals surface area contributed by atoms with Crippen molar-refractivity contribution in [1.29, 1.82) is 0 Å². The van der Waals surface area contributed by atoms with E-state index < -0.39 is 0 Å². The number of hydrogen-bond acceptors (Lipinski definition) is 2. The highest BCUT2D eigenvalue weighted by Gasteiger charge is 2.24. The van der Waals surface area contributed by atoms with Gasteiger partial charge in [0, 0.05) is 44.5 Å². The third-order valence-electron chi connectivity index (χ3n) is 6.55. The Bertz CT molecular complexity index is 1190. The minimum atomic E-state index is 0.578. The van der Waals surface area contributed by atoms with Gasteiger partial charge in [0.1, 0.15) is 0 Å². The van der Waals surface area contributed by atoms with Gasteiger partial charge in [-0.3, -0.25) is 4.90 Å². The van der Waals surface area contributed by atoms with Gasteiger partial charge in [-0.15, -0.1) is 0 Å². The Morgan fingerprint density at radius 2 is 2.06 bits per heavy atom. The molecule has 166 valence electrons. The summed E-state index contributed by atoms with van der Waals surface area (Å²) in [5.74, 6) is 0. The smallest absolute Gasteiger partial charge is 0.175 e. The van der Waals surface area contributed by atoms with Crippen LogP contribution in [0.25, 0.3) is 16.5 Å². The van der Waals surface area contributed by atoms with E-state index in [9.17, 15) is 0 Å². The Morgan fingerprint density at radius 1 is 1.16 bits per heavy atom. The van der Waals surface area contributed by atoms with Crippen LogP contribution in [0.1, 0.15) is 37.7 Å². The molecule has 3 heterocycles. The highest BCUT2D eigenvalue weighted by atomic mass is 127.